The summed E-state index contributed by atoms with van der Waals surface area (Å²) in [6.07, 6.45) is 6.08. The van der Waals surface area contributed by atoms with Crippen molar-refractivity contribution in [3.63, 3.8) is 0 Å². The summed E-state index contributed by atoms with van der Waals surface area (Å²) >= 11 is 1.76. The molecule has 2 aliphatic rings. The van der Waals surface area contributed by atoms with Gasteiger partial charge in [0.25, 0.3) is 0 Å². The molecule has 3 unspecified atom stereocenters. The molecule has 0 bridgehead atoms. The molecular formula is C29H42N4O3S. The molecule has 2 aromatic rings. The minimum atomic E-state index is -0.438. The standard InChI is InChI=1S/C29H42N4O3S/c1-21(34)33-13-12-25(16-28(33)29(35)31-18-24-6-3-5-23(15-24)17-30)32(20-27-7-4-14-37-27)19-22-8-10-26(36-2)11-9-22/h4,7-11,14,23-25,28H,3,5-6,12-13,15-20,30H2,1-2H3,(H,31,35)/t23?,24?,25?,28-/m1/s1. The SMILES string of the molecule is COc1ccc(CN(Cc2cccs2)C2CCN(C(C)=O)[C@@H](C(=O)NCC3CCCC(CN)C3)C2)cc1. The van der Waals surface area contributed by atoms with E-state index in [1.807, 2.05) is 12.1 Å². The fraction of sp³-hybridized carbons (Fsp3) is 0.586. The summed E-state index contributed by atoms with van der Waals surface area (Å²) in [5.41, 5.74) is 7.12. The molecule has 1 aromatic heterocycles. The van der Waals surface area contributed by atoms with Crippen LogP contribution in [0.3, 0.4) is 0 Å². The van der Waals surface area contributed by atoms with E-state index < -0.39 is 6.04 Å². The van der Waals surface area contributed by atoms with E-state index in [1.54, 1.807) is 30.3 Å². The van der Waals surface area contributed by atoms with Crippen molar-refractivity contribution in [2.45, 2.75) is 70.6 Å². The van der Waals surface area contributed by atoms with Crippen molar-refractivity contribution in [2.75, 3.05) is 26.7 Å². The number of hydrogen-bond donors (Lipinski definition) is 2. The average Bonchev–Trinajstić information content (AvgIpc) is 3.44. The van der Waals surface area contributed by atoms with Gasteiger partial charge in [-0.2, -0.15) is 0 Å². The van der Waals surface area contributed by atoms with Crippen molar-refractivity contribution < 1.29 is 14.3 Å². The molecule has 0 radical (unpaired) electrons. The molecule has 2 amide bonds. The van der Waals surface area contributed by atoms with Gasteiger partial charge in [-0.1, -0.05) is 24.6 Å². The van der Waals surface area contributed by atoms with Gasteiger partial charge in [-0.15, -0.1) is 11.3 Å². The molecule has 2 fully saturated rings. The van der Waals surface area contributed by atoms with Crippen molar-refractivity contribution in [3.05, 3.63) is 52.2 Å². The number of nitrogens with two attached hydrogens (primary N) is 1. The van der Waals surface area contributed by atoms with Gasteiger partial charge >= 0.3 is 0 Å². The van der Waals surface area contributed by atoms with Crippen LogP contribution in [0, 0.1) is 11.8 Å². The Morgan fingerprint density at radius 2 is 1.89 bits per heavy atom. The molecule has 7 nitrogen and oxygen atoms in total. The number of methoxy groups -OCH3 is 1. The number of hydrogen-bond acceptors (Lipinski definition) is 6. The van der Waals surface area contributed by atoms with Crippen LogP contribution in [0.5, 0.6) is 5.75 Å². The Bertz CT molecular complexity index is 997. The number of nitrogens with one attached hydrogen (secondary N) is 1. The van der Waals surface area contributed by atoms with Crippen LogP contribution >= 0.6 is 11.3 Å². The Balaban J connectivity index is 1.45. The quantitative estimate of drug-likeness (QED) is 0.488. The molecule has 202 valence electrons. The maximum Gasteiger partial charge on any atom is 0.242 e. The lowest BCUT2D eigenvalue weighted by Gasteiger charge is -2.42. The van der Waals surface area contributed by atoms with Crippen LogP contribution in [0.4, 0.5) is 0 Å². The first-order chi connectivity index (χ1) is 18.0. The van der Waals surface area contributed by atoms with E-state index in [4.69, 9.17) is 10.5 Å². The highest BCUT2D eigenvalue weighted by molar-refractivity contribution is 7.09. The number of rotatable bonds is 10. The lowest BCUT2D eigenvalue weighted by Crippen LogP contribution is -2.57. The van der Waals surface area contributed by atoms with Gasteiger partial charge in [0.05, 0.1) is 7.11 Å². The Labute approximate surface area is 225 Å². The first-order valence-electron chi connectivity index (χ1n) is 13.6. The zero-order chi connectivity index (χ0) is 26.2. The topological polar surface area (TPSA) is 87.9 Å². The maximum absolute atomic E-state index is 13.5. The van der Waals surface area contributed by atoms with Crippen LogP contribution in [0.25, 0.3) is 0 Å². The number of carbonyl (C=O) groups excluding carboxylic acids is 2. The monoisotopic (exact) mass is 526 g/mol. The zero-order valence-corrected chi connectivity index (χ0v) is 23.1. The summed E-state index contributed by atoms with van der Waals surface area (Å²) in [6.45, 7) is 5.18. The Kier molecular flexibility index (Phi) is 10.00. The van der Waals surface area contributed by atoms with E-state index in [-0.39, 0.29) is 17.9 Å². The molecule has 1 aromatic carbocycles. The number of likely N-dealkylation sites (tertiary alicyclic amines) is 1. The summed E-state index contributed by atoms with van der Waals surface area (Å²) < 4.78 is 5.33. The van der Waals surface area contributed by atoms with E-state index in [0.29, 0.717) is 31.3 Å². The van der Waals surface area contributed by atoms with Gasteiger partial charge in [0.2, 0.25) is 11.8 Å². The second-order valence-electron chi connectivity index (χ2n) is 10.6. The predicted octanol–water partition coefficient (Wildman–Crippen LogP) is 4.02. The highest BCUT2D eigenvalue weighted by Gasteiger charge is 2.37. The van der Waals surface area contributed by atoms with Crippen molar-refractivity contribution in [1.29, 1.82) is 0 Å². The molecule has 1 aliphatic heterocycles. The van der Waals surface area contributed by atoms with Crippen LogP contribution in [-0.2, 0) is 22.7 Å². The van der Waals surface area contributed by atoms with Crippen molar-refractivity contribution >= 4 is 23.2 Å². The van der Waals surface area contributed by atoms with Gasteiger partial charge in [-0.05, 0) is 79.6 Å². The highest BCUT2D eigenvalue weighted by atomic mass is 32.1. The van der Waals surface area contributed by atoms with Crippen LogP contribution < -0.4 is 15.8 Å². The van der Waals surface area contributed by atoms with E-state index in [0.717, 1.165) is 44.6 Å². The van der Waals surface area contributed by atoms with Gasteiger partial charge in [0.15, 0.2) is 0 Å². The number of ether oxygens (including phenoxy) is 1. The van der Waals surface area contributed by atoms with Crippen molar-refractivity contribution in [3.8, 4) is 5.75 Å². The van der Waals surface area contributed by atoms with Crippen LogP contribution in [-0.4, -0.2) is 60.4 Å². The van der Waals surface area contributed by atoms with Crippen LogP contribution in [0.15, 0.2) is 41.8 Å². The molecule has 0 spiro atoms. The average molecular weight is 527 g/mol. The summed E-state index contributed by atoms with van der Waals surface area (Å²) in [5.74, 6) is 1.83. The Morgan fingerprint density at radius 3 is 2.57 bits per heavy atom. The number of piperidine rings is 1. The van der Waals surface area contributed by atoms with Crippen LogP contribution in [0.1, 0.15) is 55.9 Å². The van der Waals surface area contributed by atoms with Crippen molar-refractivity contribution in [1.82, 2.24) is 15.1 Å². The Hall–Kier alpha value is -2.42. The summed E-state index contributed by atoms with van der Waals surface area (Å²) in [7, 11) is 1.68. The van der Waals surface area contributed by atoms with Gasteiger partial charge in [-0.25, -0.2) is 0 Å². The number of nitrogens with zero attached hydrogens (tertiary/aromatic N) is 2. The minimum Gasteiger partial charge on any atom is -0.497 e. The minimum absolute atomic E-state index is 0.0182. The molecule has 1 saturated carbocycles. The van der Waals surface area contributed by atoms with Gasteiger partial charge in [0, 0.05) is 44.0 Å². The second-order valence-corrected chi connectivity index (χ2v) is 11.7. The highest BCUT2D eigenvalue weighted by Crippen LogP contribution is 2.29. The lowest BCUT2D eigenvalue weighted by atomic mass is 9.81. The largest absolute Gasteiger partial charge is 0.497 e. The Morgan fingerprint density at radius 1 is 1.11 bits per heavy atom. The first kappa shape index (κ1) is 27.6. The summed E-state index contributed by atoms with van der Waals surface area (Å²) in [6, 6.07) is 12.2. The fourth-order valence-electron chi connectivity index (χ4n) is 5.95. The lowest BCUT2D eigenvalue weighted by molar-refractivity contribution is -0.142. The van der Waals surface area contributed by atoms with Gasteiger partial charge < -0.3 is 20.7 Å². The first-order valence-corrected chi connectivity index (χ1v) is 14.5. The normalized spacial score (nSPS) is 24.2. The molecule has 1 saturated heterocycles. The van der Waals surface area contributed by atoms with Gasteiger partial charge in [0.1, 0.15) is 11.8 Å². The molecule has 4 atom stereocenters. The molecule has 37 heavy (non-hydrogen) atoms. The van der Waals surface area contributed by atoms with E-state index >= 15 is 0 Å². The third-order valence-corrected chi connectivity index (χ3v) is 8.93. The smallest absolute Gasteiger partial charge is 0.242 e. The van der Waals surface area contributed by atoms with Crippen LogP contribution in [0.2, 0.25) is 0 Å². The summed E-state index contributed by atoms with van der Waals surface area (Å²) in [5, 5.41) is 5.32. The second kappa shape index (κ2) is 13.4. The molecule has 2 heterocycles. The van der Waals surface area contributed by atoms with Gasteiger partial charge in [-0.3, -0.25) is 14.5 Å². The number of amides is 2. The molecule has 4 rings (SSSR count). The molecule has 1 aliphatic carbocycles. The third-order valence-electron chi connectivity index (χ3n) is 8.07. The van der Waals surface area contributed by atoms with Crippen molar-refractivity contribution in [2.24, 2.45) is 17.6 Å². The number of carbonyl (C=O) groups is 2. The maximum atomic E-state index is 13.5. The number of benzene rings is 1. The molecular weight excluding hydrogens is 484 g/mol. The summed E-state index contributed by atoms with van der Waals surface area (Å²) in [4.78, 5) is 31.5. The van der Waals surface area contributed by atoms with E-state index in [2.05, 4.69) is 39.9 Å². The number of thiophene rings is 1. The molecule has 3 N–H and O–H groups in total. The zero-order valence-electron chi connectivity index (χ0n) is 22.2. The predicted molar refractivity (Wildman–Crippen MR) is 148 cm³/mol. The third kappa shape index (κ3) is 7.55. The van der Waals surface area contributed by atoms with E-state index in [1.165, 1.54) is 23.3 Å². The molecule has 8 heteroatoms. The van der Waals surface area contributed by atoms with E-state index in [9.17, 15) is 9.59 Å². The fourth-order valence-corrected chi connectivity index (χ4v) is 6.68.